The lowest BCUT2D eigenvalue weighted by Crippen LogP contribution is -2.25. The van der Waals surface area contributed by atoms with E-state index in [2.05, 4.69) is 0 Å². The van der Waals surface area contributed by atoms with Crippen LogP contribution in [0, 0.1) is 0 Å². The Morgan fingerprint density at radius 2 is 2.05 bits per heavy atom. The van der Waals surface area contributed by atoms with Crippen molar-refractivity contribution < 1.29 is 19.0 Å². The molecule has 0 aromatic heterocycles. The minimum absolute atomic E-state index is 0.104. The molecule has 0 N–H and O–H groups in total. The highest BCUT2D eigenvalue weighted by molar-refractivity contribution is 6.31. The summed E-state index contributed by atoms with van der Waals surface area (Å²) in [6.07, 6.45) is 1.30. The summed E-state index contributed by atoms with van der Waals surface area (Å²) in [4.78, 5) is 11.8. The van der Waals surface area contributed by atoms with Gasteiger partial charge in [-0.05, 0) is 19.4 Å². The summed E-state index contributed by atoms with van der Waals surface area (Å²) in [7, 11) is 1.54. The van der Waals surface area contributed by atoms with Crippen LogP contribution in [0.2, 0.25) is 5.02 Å². The van der Waals surface area contributed by atoms with Crippen LogP contribution in [0.5, 0.6) is 0 Å². The monoisotopic (exact) mass is 314 g/mol. The number of esters is 1. The standard InChI is InChI=1S/C16H23ClO4/c1-4-5-10-15(18)21-12(2)16(20-11-19-3)13-8-6-7-9-14(13)17/h6-9,12,16H,4-5,10-11H2,1-3H3/t12-,16+/m0/s1. The molecule has 1 aromatic carbocycles. The Morgan fingerprint density at radius 3 is 2.67 bits per heavy atom. The van der Waals surface area contributed by atoms with Crippen LogP contribution in [-0.2, 0) is 19.0 Å². The van der Waals surface area contributed by atoms with Crippen LogP contribution < -0.4 is 0 Å². The number of unbranched alkanes of at least 4 members (excludes halogenated alkanes) is 1. The first-order valence-electron chi connectivity index (χ1n) is 7.14. The van der Waals surface area contributed by atoms with Gasteiger partial charge in [0.15, 0.2) is 0 Å². The Bertz CT molecular complexity index is 436. The third kappa shape index (κ3) is 6.04. The lowest BCUT2D eigenvalue weighted by Gasteiger charge is -2.25. The van der Waals surface area contributed by atoms with Gasteiger partial charge in [0, 0.05) is 24.1 Å². The summed E-state index contributed by atoms with van der Waals surface area (Å²) >= 11 is 6.20. The van der Waals surface area contributed by atoms with Crippen molar-refractivity contribution in [3.63, 3.8) is 0 Å². The van der Waals surface area contributed by atoms with E-state index in [0.717, 1.165) is 18.4 Å². The fourth-order valence-corrected chi connectivity index (χ4v) is 2.22. The molecule has 0 saturated heterocycles. The van der Waals surface area contributed by atoms with Crippen molar-refractivity contribution in [3.05, 3.63) is 34.9 Å². The molecule has 0 bridgehead atoms. The molecule has 0 aliphatic heterocycles. The molecule has 0 fully saturated rings. The van der Waals surface area contributed by atoms with Gasteiger partial charge in [0.25, 0.3) is 0 Å². The topological polar surface area (TPSA) is 44.8 Å². The summed E-state index contributed by atoms with van der Waals surface area (Å²) in [5.74, 6) is -0.220. The van der Waals surface area contributed by atoms with Gasteiger partial charge < -0.3 is 14.2 Å². The Labute approximate surface area is 131 Å². The SMILES string of the molecule is CCCCC(=O)O[C@@H](C)[C@@H](OCOC)c1ccccc1Cl. The molecule has 0 amide bonds. The Hall–Kier alpha value is -1.10. The average Bonchev–Trinajstić information content (AvgIpc) is 2.47. The predicted molar refractivity (Wildman–Crippen MR) is 82.2 cm³/mol. The van der Waals surface area contributed by atoms with Crippen LogP contribution >= 0.6 is 11.6 Å². The average molecular weight is 315 g/mol. The third-order valence-electron chi connectivity index (χ3n) is 3.06. The maximum absolute atomic E-state index is 11.8. The van der Waals surface area contributed by atoms with Gasteiger partial charge in [0.2, 0.25) is 0 Å². The molecule has 5 heteroatoms. The highest BCUT2D eigenvalue weighted by Crippen LogP contribution is 2.29. The Kier molecular flexibility index (Phi) is 8.35. The number of rotatable bonds is 9. The van der Waals surface area contributed by atoms with E-state index in [1.165, 1.54) is 0 Å². The first kappa shape index (κ1) is 18.0. The quantitative estimate of drug-likeness (QED) is 0.508. The van der Waals surface area contributed by atoms with E-state index in [1.54, 1.807) is 20.1 Å². The van der Waals surface area contributed by atoms with Gasteiger partial charge in [-0.3, -0.25) is 4.79 Å². The van der Waals surface area contributed by atoms with Gasteiger partial charge in [-0.15, -0.1) is 0 Å². The molecule has 1 rings (SSSR count). The first-order chi connectivity index (χ1) is 10.1. The second kappa shape index (κ2) is 9.77. The Balaban J connectivity index is 2.77. The number of carbonyl (C=O) groups is 1. The van der Waals surface area contributed by atoms with E-state index in [0.29, 0.717) is 11.4 Å². The molecular formula is C16H23ClO4. The highest BCUT2D eigenvalue weighted by atomic mass is 35.5. The van der Waals surface area contributed by atoms with Crippen LogP contribution in [0.25, 0.3) is 0 Å². The second-order valence-corrected chi connectivity index (χ2v) is 5.22. The third-order valence-corrected chi connectivity index (χ3v) is 3.40. The molecule has 21 heavy (non-hydrogen) atoms. The first-order valence-corrected chi connectivity index (χ1v) is 7.52. The van der Waals surface area contributed by atoms with E-state index in [-0.39, 0.29) is 12.8 Å². The molecule has 0 heterocycles. The summed E-state index contributed by atoms with van der Waals surface area (Å²) in [6, 6.07) is 7.36. The number of methoxy groups -OCH3 is 1. The van der Waals surface area contributed by atoms with Gasteiger partial charge >= 0.3 is 5.97 Å². The summed E-state index contributed by atoms with van der Waals surface area (Å²) in [5.41, 5.74) is 0.784. The van der Waals surface area contributed by atoms with Gasteiger partial charge in [-0.2, -0.15) is 0 Å². The zero-order valence-electron chi connectivity index (χ0n) is 12.8. The van der Waals surface area contributed by atoms with Gasteiger partial charge in [-0.1, -0.05) is 43.1 Å². The van der Waals surface area contributed by atoms with Crippen molar-refractivity contribution in [2.75, 3.05) is 13.9 Å². The number of carbonyl (C=O) groups excluding carboxylic acids is 1. The fraction of sp³-hybridized carbons (Fsp3) is 0.562. The Morgan fingerprint density at radius 1 is 1.33 bits per heavy atom. The van der Waals surface area contributed by atoms with E-state index in [9.17, 15) is 4.79 Å². The maximum atomic E-state index is 11.8. The fourth-order valence-electron chi connectivity index (χ4n) is 1.97. The molecule has 1 aromatic rings. The minimum Gasteiger partial charge on any atom is -0.460 e. The zero-order chi connectivity index (χ0) is 15.7. The number of hydrogen-bond acceptors (Lipinski definition) is 4. The predicted octanol–water partition coefficient (Wildman–Crippen LogP) is 4.12. The minimum atomic E-state index is -0.454. The lowest BCUT2D eigenvalue weighted by atomic mass is 10.1. The molecule has 118 valence electrons. The summed E-state index contributed by atoms with van der Waals surface area (Å²) in [6.45, 7) is 3.94. The molecular weight excluding hydrogens is 292 g/mol. The zero-order valence-corrected chi connectivity index (χ0v) is 13.6. The van der Waals surface area contributed by atoms with E-state index in [4.69, 9.17) is 25.8 Å². The van der Waals surface area contributed by atoms with Gasteiger partial charge in [-0.25, -0.2) is 0 Å². The molecule has 2 atom stereocenters. The molecule has 0 aliphatic rings. The molecule has 0 spiro atoms. The van der Waals surface area contributed by atoms with E-state index in [1.807, 2.05) is 25.1 Å². The highest BCUT2D eigenvalue weighted by Gasteiger charge is 2.25. The van der Waals surface area contributed by atoms with Crippen molar-refractivity contribution in [1.29, 1.82) is 0 Å². The molecule has 4 nitrogen and oxygen atoms in total. The maximum Gasteiger partial charge on any atom is 0.306 e. The second-order valence-electron chi connectivity index (χ2n) is 4.81. The van der Waals surface area contributed by atoms with E-state index < -0.39 is 12.2 Å². The summed E-state index contributed by atoms with van der Waals surface area (Å²) in [5, 5.41) is 0.579. The molecule has 0 saturated carbocycles. The lowest BCUT2D eigenvalue weighted by molar-refractivity contribution is -0.164. The number of halogens is 1. The largest absolute Gasteiger partial charge is 0.460 e. The van der Waals surface area contributed by atoms with E-state index >= 15 is 0 Å². The van der Waals surface area contributed by atoms with Crippen molar-refractivity contribution in [2.45, 2.75) is 45.3 Å². The van der Waals surface area contributed by atoms with Crippen LogP contribution in [0.15, 0.2) is 24.3 Å². The smallest absolute Gasteiger partial charge is 0.306 e. The van der Waals surface area contributed by atoms with Crippen molar-refractivity contribution in [2.24, 2.45) is 0 Å². The molecule has 0 unspecified atom stereocenters. The normalized spacial score (nSPS) is 13.7. The van der Waals surface area contributed by atoms with Crippen molar-refractivity contribution >= 4 is 17.6 Å². The van der Waals surface area contributed by atoms with Crippen molar-refractivity contribution in [1.82, 2.24) is 0 Å². The molecule has 0 radical (unpaired) electrons. The number of benzene rings is 1. The summed E-state index contributed by atoms with van der Waals surface area (Å²) < 4.78 is 16.0. The van der Waals surface area contributed by atoms with Crippen LogP contribution in [0.4, 0.5) is 0 Å². The molecule has 0 aliphatic carbocycles. The van der Waals surface area contributed by atoms with Crippen LogP contribution in [-0.4, -0.2) is 26.0 Å². The van der Waals surface area contributed by atoms with Crippen molar-refractivity contribution in [3.8, 4) is 0 Å². The van der Waals surface area contributed by atoms with Gasteiger partial charge in [0.05, 0.1) is 0 Å². The number of hydrogen-bond donors (Lipinski definition) is 0. The van der Waals surface area contributed by atoms with Crippen LogP contribution in [0.3, 0.4) is 0 Å². The van der Waals surface area contributed by atoms with Crippen LogP contribution in [0.1, 0.15) is 44.8 Å². The number of ether oxygens (including phenoxy) is 3. The van der Waals surface area contributed by atoms with Gasteiger partial charge in [0.1, 0.15) is 19.0 Å².